The maximum absolute atomic E-state index is 13.3. The molecule has 2 aromatic carbocycles. The molecule has 3 aromatic rings. The average molecular weight is 455 g/mol. The lowest BCUT2D eigenvalue weighted by molar-refractivity contribution is 0.0673. The predicted molar refractivity (Wildman–Crippen MR) is 122 cm³/mol. The average Bonchev–Trinajstić information content (AvgIpc) is 2.81. The van der Waals surface area contributed by atoms with Gasteiger partial charge in [0.15, 0.2) is 0 Å². The number of hydrogen-bond acceptors (Lipinski definition) is 5. The molecular weight excluding hydrogens is 431 g/mol. The minimum atomic E-state index is -0.437. The standard InChI is InChI=1S/C24H24ClFN4O2/c1-3-17-4-6-18(7-5-17)24(31)30-11-10-29(14-16(30)2)22-13-23(28-15-27-22)32-21-9-8-19(26)12-20(21)25/h4-9,12-13,15-16H,3,10-11,14H2,1-2H3/t16-/m1/s1. The molecule has 0 radical (unpaired) electrons. The molecule has 0 aliphatic carbocycles. The van der Waals surface area contributed by atoms with Gasteiger partial charge in [-0.25, -0.2) is 14.4 Å². The number of hydrogen-bond donors (Lipinski definition) is 0. The van der Waals surface area contributed by atoms with E-state index in [1.54, 1.807) is 6.07 Å². The molecule has 1 aromatic heterocycles. The van der Waals surface area contributed by atoms with Crippen LogP contribution in [-0.2, 0) is 6.42 Å². The van der Waals surface area contributed by atoms with Gasteiger partial charge in [0.25, 0.3) is 5.91 Å². The molecular formula is C24H24ClFN4O2. The topological polar surface area (TPSA) is 58.6 Å². The number of carbonyl (C=O) groups excluding carboxylic acids is 1. The van der Waals surface area contributed by atoms with Gasteiger partial charge in [0.1, 0.15) is 23.7 Å². The van der Waals surface area contributed by atoms with E-state index in [2.05, 4.69) is 21.8 Å². The fourth-order valence-corrected chi connectivity index (χ4v) is 3.95. The number of ether oxygens (including phenoxy) is 1. The lowest BCUT2D eigenvalue weighted by Crippen LogP contribution is -2.54. The Bertz CT molecular complexity index is 1110. The molecule has 1 fully saturated rings. The van der Waals surface area contributed by atoms with Crippen LogP contribution in [0.5, 0.6) is 11.6 Å². The molecule has 0 saturated carbocycles. The number of benzene rings is 2. The van der Waals surface area contributed by atoms with Gasteiger partial charge in [0.2, 0.25) is 5.88 Å². The molecule has 0 N–H and O–H groups in total. The fourth-order valence-electron chi connectivity index (χ4n) is 3.75. The van der Waals surface area contributed by atoms with E-state index >= 15 is 0 Å². The van der Waals surface area contributed by atoms with Crippen molar-refractivity contribution in [2.45, 2.75) is 26.3 Å². The molecule has 32 heavy (non-hydrogen) atoms. The van der Waals surface area contributed by atoms with Gasteiger partial charge in [-0.2, -0.15) is 0 Å². The minimum Gasteiger partial charge on any atom is -0.437 e. The van der Waals surface area contributed by atoms with Gasteiger partial charge in [0.05, 0.1) is 5.02 Å². The molecule has 1 atom stereocenters. The maximum Gasteiger partial charge on any atom is 0.254 e. The van der Waals surface area contributed by atoms with Gasteiger partial charge < -0.3 is 14.5 Å². The zero-order valence-corrected chi connectivity index (χ0v) is 18.7. The van der Waals surface area contributed by atoms with Crippen molar-refractivity contribution in [3.05, 3.63) is 76.8 Å². The minimum absolute atomic E-state index is 0.00739. The van der Waals surface area contributed by atoms with Crippen LogP contribution in [0.2, 0.25) is 5.02 Å². The molecule has 1 amide bonds. The highest BCUT2D eigenvalue weighted by atomic mass is 35.5. The first-order valence-corrected chi connectivity index (χ1v) is 10.9. The summed E-state index contributed by atoms with van der Waals surface area (Å²) in [6, 6.07) is 13.4. The van der Waals surface area contributed by atoms with Crippen LogP contribution in [0.3, 0.4) is 0 Å². The van der Waals surface area contributed by atoms with Gasteiger partial charge >= 0.3 is 0 Å². The summed E-state index contributed by atoms with van der Waals surface area (Å²) in [6.45, 7) is 5.97. The van der Waals surface area contributed by atoms with Crippen LogP contribution in [0, 0.1) is 5.82 Å². The van der Waals surface area contributed by atoms with Crippen LogP contribution < -0.4 is 9.64 Å². The Hall–Kier alpha value is -3.19. The highest BCUT2D eigenvalue weighted by Gasteiger charge is 2.29. The van der Waals surface area contributed by atoms with E-state index in [1.807, 2.05) is 36.1 Å². The second-order valence-corrected chi connectivity index (χ2v) is 8.14. The molecule has 1 aliphatic rings. The summed E-state index contributed by atoms with van der Waals surface area (Å²) in [5.41, 5.74) is 1.92. The van der Waals surface area contributed by atoms with Crippen LogP contribution in [-0.4, -0.2) is 46.5 Å². The normalized spacial score (nSPS) is 16.2. The van der Waals surface area contributed by atoms with Crippen LogP contribution in [0.4, 0.5) is 10.2 Å². The largest absolute Gasteiger partial charge is 0.437 e. The van der Waals surface area contributed by atoms with Crippen molar-refractivity contribution in [2.75, 3.05) is 24.5 Å². The van der Waals surface area contributed by atoms with Gasteiger partial charge in [-0.05, 0) is 49.2 Å². The van der Waals surface area contributed by atoms with E-state index in [4.69, 9.17) is 16.3 Å². The Labute approximate surface area is 191 Å². The second kappa shape index (κ2) is 9.53. The number of aromatic nitrogens is 2. The van der Waals surface area contributed by atoms with Crippen LogP contribution in [0.25, 0.3) is 0 Å². The van der Waals surface area contributed by atoms with Crippen molar-refractivity contribution < 1.29 is 13.9 Å². The van der Waals surface area contributed by atoms with E-state index in [0.717, 1.165) is 6.42 Å². The highest BCUT2D eigenvalue weighted by Crippen LogP contribution is 2.30. The Kier molecular flexibility index (Phi) is 6.55. The molecule has 4 rings (SSSR count). The van der Waals surface area contributed by atoms with E-state index in [9.17, 15) is 9.18 Å². The number of piperazine rings is 1. The number of amides is 1. The molecule has 0 bridgehead atoms. The summed E-state index contributed by atoms with van der Waals surface area (Å²) in [4.78, 5) is 25.5. The fraction of sp³-hybridized carbons (Fsp3) is 0.292. The van der Waals surface area contributed by atoms with Crippen molar-refractivity contribution >= 4 is 23.3 Å². The zero-order chi connectivity index (χ0) is 22.7. The van der Waals surface area contributed by atoms with E-state index in [-0.39, 0.29) is 17.0 Å². The first-order chi connectivity index (χ1) is 15.4. The summed E-state index contributed by atoms with van der Waals surface area (Å²) in [6.07, 6.45) is 2.36. The Morgan fingerprint density at radius 1 is 1.16 bits per heavy atom. The number of carbonyl (C=O) groups is 1. The predicted octanol–water partition coefficient (Wildman–Crippen LogP) is 4.97. The zero-order valence-electron chi connectivity index (χ0n) is 18.0. The number of rotatable bonds is 5. The van der Waals surface area contributed by atoms with E-state index in [0.29, 0.717) is 42.6 Å². The first-order valence-electron chi connectivity index (χ1n) is 10.5. The molecule has 0 spiro atoms. The quantitative estimate of drug-likeness (QED) is 0.544. The molecule has 166 valence electrons. The summed E-state index contributed by atoms with van der Waals surface area (Å²) in [5, 5.41) is 0.165. The van der Waals surface area contributed by atoms with Crippen molar-refractivity contribution in [3.63, 3.8) is 0 Å². The van der Waals surface area contributed by atoms with Crippen LogP contribution >= 0.6 is 11.6 Å². The highest BCUT2D eigenvalue weighted by molar-refractivity contribution is 6.32. The molecule has 0 unspecified atom stereocenters. The number of halogens is 2. The van der Waals surface area contributed by atoms with Crippen molar-refractivity contribution in [2.24, 2.45) is 0 Å². The SMILES string of the molecule is CCc1ccc(C(=O)N2CCN(c3cc(Oc4ccc(F)cc4Cl)ncn3)C[C@H]2C)cc1. The summed E-state index contributed by atoms with van der Waals surface area (Å²) in [5.74, 6) is 0.923. The summed E-state index contributed by atoms with van der Waals surface area (Å²) < 4.78 is 19.0. The summed E-state index contributed by atoms with van der Waals surface area (Å²) in [7, 11) is 0. The Morgan fingerprint density at radius 2 is 1.94 bits per heavy atom. The Morgan fingerprint density at radius 3 is 2.62 bits per heavy atom. The monoisotopic (exact) mass is 454 g/mol. The third kappa shape index (κ3) is 4.83. The number of anilines is 1. The third-order valence-corrected chi connectivity index (χ3v) is 5.85. The summed E-state index contributed by atoms with van der Waals surface area (Å²) >= 11 is 6.04. The maximum atomic E-state index is 13.3. The first kappa shape index (κ1) is 22.0. The Balaban J connectivity index is 1.43. The molecule has 1 aliphatic heterocycles. The molecule has 8 heteroatoms. The molecule has 6 nitrogen and oxygen atoms in total. The van der Waals surface area contributed by atoms with Gasteiger partial charge in [-0.3, -0.25) is 4.79 Å². The molecule has 1 saturated heterocycles. The van der Waals surface area contributed by atoms with Gasteiger partial charge in [-0.1, -0.05) is 30.7 Å². The molecule has 2 heterocycles. The lowest BCUT2D eigenvalue weighted by Gasteiger charge is -2.40. The van der Waals surface area contributed by atoms with Crippen molar-refractivity contribution in [1.82, 2.24) is 14.9 Å². The van der Waals surface area contributed by atoms with Gasteiger partial charge in [0, 0.05) is 37.3 Å². The van der Waals surface area contributed by atoms with Gasteiger partial charge in [-0.15, -0.1) is 0 Å². The van der Waals surface area contributed by atoms with Crippen molar-refractivity contribution in [3.8, 4) is 11.6 Å². The number of nitrogens with zero attached hydrogens (tertiary/aromatic N) is 4. The second-order valence-electron chi connectivity index (χ2n) is 7.74. The van der Waals surface area contributed by atoms with Crippen LogP contribution in [0.1, 0.15) is 29.8 Å². The van der Waals surface area contributed by atoms with Crippen molar-refractivity contribution in [1.29, 1.82) is 0 Å². The third-order valence-electron chi connectivity index (χ3n) is 5.56. The number of aryl methyl sites for hydroxylation is 1. The lowest BCUT2D eigenvalue weighted by atomic mass is 10.1. The smallest absolute Gasteiger partial charge is 0.254 e. The van der Waals surface area contributed by atoms with E-state index < -0.39 is 5.82 Å². The van der Waals surface area contributed by atoms with Crippen LogP contribution in [0.15, 0.2) is 54.9 Å². The van der Waals surface area contributed by atoms with E-state index in [1.165, 1.54) is 30.1 Å².